The fourth-order valence-corrected chi connectivity index (χ4v) is 8.36. The first-order valence-corrected chi connectivity index (χ1v) is 28.0. The minimum Gasteiger partial charge on any atom is -0.756 e. The van der Waals surface area contributed by atoms with Gasteiger partial charge in [0.15, 0.2) is 0 Å². The van der Waals surface area contributed by atoms with Gasteiger partial charge in [0.1, 0.15) is 13.2 Å². The Bertz CT molecular complexity index is 1170. The van der Waals surface area contributed by atoms with Crippen LogP contribution < -0.4 is 10.2 Å². The van der Waals surface area contributed by atoms with Gasteiger partial charge in [-0.2, -0.15) is 0 Å². The number of aliphatic hydroxyl groups excluding tert-OH is 1. The number of allylic oxidation sites excluding steroid dienone is 7. The second-order valence-electron chi connectivity index (χ2n) is 19.2. The third kappa shape index (κ3) is 48.2. The molecule has 0 bridgehead atoms. The normalized spacial score (nSPS) is 14.5. The van der Waals surface area contributed by atoms with E-state index in [-0.39, 0.29) is 19.1 Å². The lowest BCUT2D eigenvalue weighted by Crippen LogP contribution is -2.45. The molecule has 0 fully saturated rings. The summed E-state index contributed by atoms with van der Waals surface area (Å²) >= 11 is 0. The van der Waals surface area contributed by atoms with Gasteiger partial charge in [0.25, 0.3) is 7.82 Å². The lowest BCUT2D eigenvalue weighted by molar-refractivity contribution is -0.870. The number of hydrogen-bond acceptors (Lipinski definition) is 6. The summed E-state index contributed by atoms with van der Waals surface area (Å²) in [6, 6.07) is -0.897. The van der Waals surface area contributed by atoms with Gasteiger partial charge in [0.05, 0.1) is 39.9 Å². The Hall–Kier alpha value is -1.54. The molecule has 0 spiro atoms. The minimum atomic E-state index is -4.60. The fraction of sp³-hybridized carbons (Fsp3) is 0.833. The monoisotopic (exact) mass is 907 g/mol. The van der Waals surface area contributed by atoms with Crippen molar-refractivity contribution in [2.75, 3.05) is 40.9 Å². The van der Waals surface area contributed by atoms with Crippen LogP contribution in [0.3, 0.4) is 0 Å². The molecule has 1 amide bonds. The fourth-order valence-electron chi connectivity index (χ4n) is 7.64. The predicted octanol–water partition coefficient (Wildman–Crippen LogP) is 15.0. The van der Waals surface area contributed by atoms with E-state index in [0.717, 1.165) is 77.0 Å². The quantitative estimate of drug-likeness (QED) is 0.0272. The number of likely N-dealkylation sites (N-methyl/N-ethyl adjacent to an activating group) is 1. The predicted molar refractivity (Wildman–Crippen MR) is 270 cm³/mol. The van der Waals surface area contributed by atoms with Crippen LogP contribution in [0, 0.1) is 0 Å². The Morgan fingerprint density at radius 2 is 0.968 bits per heavy atom. The number of rotatable bonds is 48. The first-order valence-electron chi connectivity index (χ1n) is 26.5. The van der Waals surface area contributed by atoms with E-state index >= 15 is 0 Å². The molecule has 0 saturated carbocycles. The highest BCUT2D eigenvalue weighted by atomic mass is 31.2. The van der Waals surface area contributed by atoms with Crippen LogP contribution in [0.5, 0.6) is 0 Å². The molecule has 0 aromatic rings. The molecule has 0 radical (unpaired) electrons. The lowest BCUT2D eigenvalue weighted by atomic mass is 10.0. The van der Waals surface area contributed by atoms with Crippen molar-refractivity contribution in [3.05, 3.63) is 48.6 Å². The van der Waals surface area contributed by atoms with Gasteiger partial charge in [-0.05, 0) is 51.4 Å². The molecule has 3 atom stereocenters. The van der Waals surface area contributed by atoms with Crippen LogP contribution in [-0.4, -0.2) is 68.5 Å². The number of hydrogen-bond donors (Lipinski definition) is 2. The van der Waals surface area contributed by atoms with Gasteiger partial charge in [-0.15, -0.1) is 0 Å². The number of phosphoric ester groups is 1. The minimum absolute atomic E-state index is 0.00577. The van der Waals surface area contributed by atoms with Gasteiger partial charge in [-0.1, -0.05) is 229 Å². The smallest absolute Gasteiger partial charge is 0.268 e. The summed E-state index contributed by atoms with van der Waals surface area (Å²) in [7, 11) is 1.25. The van der Waals surface area contributed by atoms with Crippen molar-refractivity contribution in [3.8, 4) is 0 Å². The summed E-state index contributed by atoms with van der Waals surface area (Å²) in [5.41, 5.74) is 0. The van der Waals surface area contributed by atoms with Crippen LogP contribution >= 0.6 is 7.82 Å². The summed E-state index contributed by atoms with van der Waals surface area (Å²) < 4.78 is 23.3. The topological polar surface area (TPSA) is 108 Å². The van der Waals surface area contributed by atoms with E-state index in [1.807, 2.05) is 27.2 Å². The largest absolute Gasteiger partial charge is 0.756 e. The van der Waals surface area contributed by atoms with Gasteiger partial charge >= 0.3 is 0 Å². The molecular formula is C54H103N2O6P. The van der Waals surface area contributed by atoms with E-state index in [0.29, 0.717) is 17.4 Å². The third-order valence-electron chi connectivity index (χ3n) is 11.8. The maximum atomic E-state index is 12.9. The highest BCUT2D eigenvalue weighted by molar-refractivity contribution is 7.45. The number of quaternary nitrogens is 1. The van der Waals surface area contributed by atoms with Crippen LogP contribution in [-0.2, 0) is 18.4 Å². The molecule has 0 aromatic carbocycles. The molecule has 2 N–H and O–H groups in total. The maximum absolute atomic E-state index is 12.9. The molecule has 63 heavy (non-hydrogen) atoms. The maximum Gasteiger partial charge on any atom is 0.268 e. The second-order valence-corrected chi connectivity index (χ2v) is 20.6. The van der Waals surface area contributed by atoms with E-state index in [1.165, 1.54) is 141 Å². The molecule has 9 heteroatoms. The molecule has 0 aliphatic carbocycles. The van der Waals surface area contributed by atoms with E-state index in [4.69, 9.17) is 9.05 Å². The molecular weight excluding hydrogens is 804 g/mol. The van der Waals surface area contributed by atoms with Crippen molar-refractivity contribution >= 4 is 13.7 Å². The van der Waals surface area contributed by atoms with Crippen molar-refractivity contribution in [1.82, 2.24) is 5.32 Å². The Kier molecular flexibility index (Phi) is 44.5. The summed E-state index contributed by atoms with van der Waals surface area (Å²) in [4.78, 5) is 25.4. The number of carbonyl (C=O) groups is 1. The summed E-state index contributed by atoms with van der Waals surface area (Å²) in [5.74, 6) is -0.214. The first-order chi connectivity index (χ1) is 30.5. The number of amides is 1. The van der Waals surface area contributed by atoms with E-state index in [1.54, 1.807) is 6.08 Å². The van der Waals surface area contributed by atoms with Crippen LogP contribution in [0.15, 0.2) is 48.6 Å². The number of phosphoric acid groups is 1. The average molecular weight is 907 g/mol. The van der Waals surface area contributed by atoms with Crippen molar-refractivity contribution in [1.29, 1.82) is 0 Å². The van der Waals surface area contributed by atoms with Gasteiger partial charge in [-0.3, -0.25) is 9.36 Å². The first kappa shape index (κ1) is 61.5. The molecule has 0 saturated heterocycles. The zero-order chi connectivity index (χ0) is 46.4. The highest BCUT2D eigenvalue weighted by Gasteiger charge is 2.23. The van der Waals surface area contributed by atoms with Crippen LogP contribution in [0.25, 0.3) is 0 Å². The van der Waals surface area contributed by atoms with E-state index in [9.17, 15) is 19.4 Å². The molecule has 0 rings (SSSR count). The third-order valence-corrected chi connectivity index (χ3v) is 12.8. The van der Waals surface area contributed by atoms with Gasteiger partial charge < -0.3 is 28.8 Å². The zero-order valence-corrected chi connectivity index (χ0v) is 42.9. The Labute approximate surface area is 390 Å². The van der Waals surface area contributed by atoms with Crippen LogP contribution in [0.2, 0.25) is 0 Å². The molecule has 0 aromatic heterocycles. The van der Waals surface area contributed by atoms with E-state index < -0.39 is 20.0 Å². The van der Waals surface area contributed by atoms with Crippen molar-refractivity contribution in [2.45, 2.75) is 251 Å². The summed E-state index contributed by atoms with van der Waals surface area (Å²) in [6.45, 7) is 4.54. The lowest BCUT2D eigenvalue weighted by Gasteiger charge is -2.29. The zero-order valence-electron chi connectivity index (χ0n) is 42.0. The molecule has 3 unspecified atom stereocenters. The van der Waals surface area contributed by atoms with Gasteiger partial charge in [-0.25, -0.2) is 0 Å². The number of unbranched alkanes of at least 4 members (excludes halogenated alkanes) is 29. The van der Waals surface area contributed by atoms with Gasteiger partial charge in [0.2, 0.25) is 5.91 Å². The molecule has 0 heterocycles. The number of nitrogens with one attached hydrogen (secondary N) is 1. The average Bonchev–Trinajstić information content (AvgIpc) is 3.24. The summed E-state index contributed by atoms with van der Waals surface area (Å²) in [6.07, 6.45) is 59.0. The standard InChI is InChI=1S/C54H103N2O6P/c1-6-8-10-12-14-16-18-20-22-23-24-25-26-27-28-29-30-31-32-34-35-37-39-41-43-45-47-53(57)52(51-62-63(59,60)61-50-49-56(3,4)5)55-54(58)48-46-44-42-40-38-36-33-21-19-17-15-13-11-9-7-2/h9,11,15,17,21,33,45,47,52-53,57H,6-8,10,12-14,16,18-20,22-32,34-44,46,48-51H2,1-5H3,(H-,55,58,59,60)/b11-9-,17-15-,33-21-,47-45+. The van der Waals surface area contributed by atoms with Gasteiger partial charge in [0, 0.05) is 6.42 Å². The van der Waals surface area contributed by atoms with E-state index in [2.05, 4.69) is 55.6 Å². The van der Waals surface area contributed by atoms with Crippen molar-refractivity contribution in [2.24, 2.45) is 0 Å². The number of carbonyl (C=O) groups excluding carboxylic acids is 1. The number of aliphatic hydroxyl groups is 1. The van der Waals surface area contributed by atoms with Crippen LogP contribution in [0.4, 0.5) is 0 Å². The molecule has 0 aliphatic rings. The second kappa shape index (κ2) is 45.6. The Balaban J connectivity index is 4.23. The van der Waals surface area contributed by atoms with Crippen LogP contribution in [0.1, 0.15) is 239 Å². The summed E-state index contributed by atoms with van der Waals surface area (Å²) in [5, 5.41) is 13.8. The Morgan fingerprint density at radius 3 is 1.41 bits per heavy atom. The van der Waals surface area contributed by atoms with Crippen molar-refractivity contribution in [3.63, 3.8) is 0 Å². The molecule has 0 aliphatic heterocycles. The number of nitrogens with zero attached hydrogens (tertiary/aromatic N) is 1. The van der Waals surface area contributed by atoms with Crippen molar-refractivity contribution < 1.29 is 32.9 Å². The molecule has 8 nitrogen and oxygen atoms in total. The SMILES string of the molecule is CC/C=C\C/C=C\C/C=C\CCCCCCCC(=O)NC(COP(=O)([O-])OCC[N+](C)(C)C)C(O)/C=C/CCCCCCCCCCCCCCCCCCCCCCCCCC. The highest BCUT2D eigenvalue weighted by Crippen LogP contribution is 2.38. The molecule has 370 valence electrons. The Morgan fingerprint density at radius 1 is 0.571 bits per heavy atom.